The highest BCUT2D eigenvalue weighted by Gasteiger charge is 2.23. The molecular formula is C22H20FN5O2. The van der Waals surface area contributed by atoms with Crippen LogP contribution in [0.15, 0.2) is 47.3 Å². The fraction of sp³-hybridized carbons (Fsp3) is 0.227. The lowest BCUT2D eigenvalue weighted by atomic mass is 10.1. The number of carbonyl (C=O) groups is 1. The lowest BCUT2D eigenvalue weighted by Gasteiger charge is -2.04. The number of aromatic amines is 2. The monoisotopic (exact) mass is 405 g/mol. The number of nitrogens with one attached hydrogen (secondary N) is 3. The molecule has 4 aromatic rings. The standard InChI is InChI=1S/C22H20FN5O2/c1-12-2-6-16(23)15(8-12)17-10-20(27-26-17)25-21(29)14-5-7-19-18(9-14)24-22(30)28(19)11-13-3-4-13/h2,5-10,13H,3-4,11H2,1H3,(H,24,30)(H2,25,26,27,29). The minimum Gasteiger partial charge on any atom is -0.306 e. The Bertz CT molecular complexity index is 1330. The van der Waals surface area contributed by atoms with Gasteiger partial charge in [-0.15, -0.1) is 0 Å². The fourth-order valence-corrected chi connectivity index (χ4v) is 3.60. The number of carbonyl (C=O) groups excluding carboxylic acids is 1. The van der Waals surface area contributed by atoms with Gasteiger partial charge in [0.15, 0.2) is 5.82 Å². The third kappa shape index (κ3) is 3.41. The maximum atomic E-state index is 14.1. The summed E-state index contributed by atoms with van der Waals surface area (Å²) >= 11 is 0. The highest BCUT2D eigenvalue weighted by Crippen LogP contribution is 2.31. The van der Waals surface area contributed by atoms with E-state index in [9.17, 15) is 14.0 Å². The molecule has 0 atom stereocenters. The van der Waals surface area contributed by atoms with Crippen molar-refractivity contribution in [1.82, 2.24) is 19.7 Å². The van der Waals surface area contributed by atoms with E-state index >= 15 is 0 Å². The molecule has 1 amide bonds. The molecule has 8 heteroatoms. The lowest BCUT2D eigenvalue weighted by Crippen LogP contribution is -2.17. The average Bonchev–Trinajstić information content (AvgIpc) is 3.34. The molecule has 0 radical (unpaired) electrons. The number of benzene rings is 2. The van der Waals surface area contributed by atoms with Gasteiger partial charge in [0.05, 0.1) is 16.7 Å². The number of aryl methyl sites for hydroxylation is 1. The molecule has 5 rings (SSSR count). The highest BCUT2D eigenvalue weighted by atomic mass is 19.1. The Morgan fingerprint density at radius 2 is 2.07 bits per heavy atom. The zero-order valence-corrected chi connectivity index (χ0v) is 16.3. The smallest absolute Gasteiger partial charge is 0.306 e. The van der Waals surface area contributed by atoms with Crippen molar-refractivity contribution >= 4 is 22.8 Å². The van der Waals surface area contributed by atoms with Crippen LogP contribution < -0.4 is 11.0 Å². The van der Waals surface area contributed by atoms with Crippen LogP contribution in [0.5, 0.6) is 0 Å². The Hall–Kier alpha value is -3.68. The number of amides is 1. The highest BCUT2D eigenvalue weighted by molar-refractivity contribution is 6.05. The summed E-state index contributed by atoms with van der Waals surface area (Å²) in [4.78, 5) is 27.7. The molecule has 152 valence electrons. The van der Waals surface area contributed by atoms with Gasteiger partial charge in [-0.1, -0.05) is 11.6 Å². The maximum absolute atomic E-state index is 14.1. The van der Waals surface area contributed by atoms with Crippen molar-refractivity contribution in [3.63, 3.8) is 0 Å². The van der Waals surface area contributed by atoms with Crippen LogP contribution in [0.4, 0.5) is 10.2 Å². The quantitative estimate of drug-likeness (QED) is 0.471. The number of aromatic nitrogens is 4. The van der Waals surface area contributed by atoms with Crippen LogP contribution in [-0.4, -0.2) is 25.7 Å². The average molecular weight is 405 g/mol. The minimum absolute atomic E-state index is 0.161. The van der Waals surface area contributed by atoms with Crippen molar-refractivity contribution in [3.05, 3.63) is 69.9 Å². The van der Waals surface area contributed by atoms with Gasteiger partial charge in [-0.25, -0.2) is 9.18 Å². The van der Waals surface area contributed by atoms with Crippen molar-refractivity contribution in [2.45, 2.75) is 26.3 Å². The molecule has 1 aliphatic rings. The van der Waals surface area contributed by atoms with Gasteiger partial charge in [0.2, 0.25) is 0 Å². The number of anilines is 1. The molecule has 0 unspecified atom stereocenters. The number of nitrogens with zero attached hydrogens (tertiary/aromatic N) is 2. The molecular weight excluding hydrogens is 385 g/mol. The summed E-state index contributed by atoms with van der Waals surface area (Å²) in [6.07, 6.45) is 2.30. The van der Waals surface area contributed by atoms with Crippen molar-refractivity contribution in [3.8, 4) is 11.3 Å². The molecule has 3 N–H and O–H groups in total. The van der Waals surface area contributed by atoms with Gasteiger partial charge in [0.25, 0.3) is 5.91 Å². The number of hydrogen-bond acceptors (Lipinski definition) is 3. The van der Waals surface area contributed by atoms with Crippen LogP contribution in [0.2, 0.25) is 0 Å². The topological polar surface area (TPSA) is 95.6 Å². The molecule has 1 saturated carbocycles. The third-order valence-corrected chi connectivity index (χ3v) is 5.41. The molecule has 0 saturated heterocycles. The van der Waals surface area contributed by atoms with Crippen molar-refractivity contribution in [2.75, 3.05) is 5.32 Å². The van der Waals surface area contributed by atoms with Gasteiger partial charge in [-0.05, 0) is 56.0 Å². The Morgan fingerprint density at radius 3 is 2.87 bits per heavy atom. The van der Waals surface area contributed by atoms with E-state index in [4.69, 9.17) is 0 Å². The second-order valence-corrected chi connectivity index (χ2v) is 7.82. The Balaban J connectivity index is 1.38. The molecule has 0 bridgehead atoms. The van der Waals surface area contributed by atoms with Crippen molar-refractivity contribution in [1.29, 1.82) is 0 Å². The van der Waals surface area contributed by atoms with Crippen LogP contribution in [-0.2, 0) is 6.54 Å². The van der Waals surface area contributed by atoms with Crippen LogP contribution in [0, 0.1) is 18.7 Å². The SMILES string of the molecule is Cc1ccc(F)c(-c2cc(NC(=O)c3ccc4c(c3)[nH]c(=O)n4CC3CC3)n[nH]2)c1. The van der Waals surface area contributed by atoms with E-state index in [0.29, 0.717) is 34.8 Å². The van der Waals surface area contributed by atoms with E-state index in [1.165, 1.54) is 6.07 Å². The first-order valence-corrected chi connectivity index (χ1v) is 9.84. The van der Waals surface area contributed by atoms with Gasteiger partial charge in [-0.2, -0.15) is 5.10 Å². The minimum atomic E-state index is -0.368. The molecule has 2 heterocycles. The fourth-order valence-electron chi connectivity index (χ4n) is 3.60. The largest absolute Gasteiger partial charge is 0.326 e. The summed E-state index contributed by atoms with van der Waals surface area (Å²) in [7, 11) is 0. The molecule has 7 nitrogen and oxygen atoms in total. The summed E-state index contributed by atoms with van der Waals surface area (Å²) < 4.78 is 15.8. The first kappa shape index (κ1) is 18.4. The van der Waals surface area contributed by atoms with Crippen LogP contribution in [0.3, 0.4) is 0 Å². The number of halogens is 1. The normalized spacial score (nSPS) is 13.7. The Morgan fingerprint density at radius 1 is 1.23 bits per heavy atom. The van der Waals surface area contributed by atoms with Gasteiger partial charge < -0.3 is 10.3 Å². The summed E-state index contributed by atoms with van der Waals surface area (Å²) in [6, 6.07) is 11.5. The predicted octanol–water partition coefficient (Wildman–Crippen LogP) is 3.83. The number of imidazole rings is 1. The molecule has 2 aromatic heterocycles. The van der Waals surface area contributed by atoms with Crippen LogP contribution in [0.1, 0.15) is 28.8 Å². The summed E-state index contributed by atoms with van der Waals surface area (Å²) in [5, 5.41) is 9.53. The number of H-pyrrole nitrogens is 2. The summed E-state index contributed by atoms with van der Waals surface area (Å²) in [5.74, 6) is 0.121. The molecule has 0 spiro atoms. The molecule has 30 heavy (non-hydrogen) atoms. The lowest BCUT2D eigenvalue weighted by molar-refractivity contribution is 0.102. The van der Waals surface area contributed by atoms with Gasteiger partial charge >= 0.3 is 5.69 Å². The third-order valence-electron chi connectivity index (χ3n) is 5.41. The van der Waals surface area contributed by atoms with Crippen molar-refractivity contribution < 1.29 is 9.18 Å². The first-order chi connectivity index (χ1) is 14.5. The van der Waals surface area contributed by atoms with Crippen LogP contribution >= 0.6 is 0 Å². The Kier molecular flexibility index (Phi) is 4.27. The Labute approximate surface area is 170 Å². The zero-order chi connectivity index (χ0) is 20.8. The van der Waals surface area contributed by atoms with Crippen LogP contribution in [0.25, 0.3) is 22.3 Å². The second-order valence-electron chi connectivity index (χ2n) is 7.82. The van der Waals surface area contributed by atoms with E-state index in [-0.39, 0.29) is 23.2 Å². The van der Waals surface area contributed by atoms with Gasteiger partial charge in [0, 0.05) is 23.7 Å². The van der Waals surface area contributed by atoms with E-state index in [0.717, 1.165) is 23.9 Å². The van der Waals surface area contributed by atoms with Gasteiger partial charge in [0.1, 0.15) is 5.82 Å². The molecule has 0 aliphatic heterocycles. The van der Waals surface area contributed by atoms with Gasteiger partial charge in [-0.3, -0.25) is 14.5 Å². The predicted molar refractivity (Wildman–Crippen MR) is 112 cm³/mol. The molecule has 2 aromatic carbocycles. The molecule has 1 fully saturated rings. The van der Waals surface area contributed by atoms with E-state index in [1.807, 2.05) is 6.92 Å². The van der Waals surface area contributed by atoms with E-state index < -0.39 is 0 Å². The zero-order valence-electron chi connectivity index (χ0n) is 16.3. The summed E-state index contributed by atoms with van der Waals surface area (Å²) in [5.41, 5.74) is 3.43. The van der Waals surface area contributed by atoms with E-state index in [2.05, 4.69) is 20.5 Å². The summed E-state index contributed by atoms with van der Waals surface area (Å²) in [6.45, 7) is 2.58. The number of rotatable bonds is 5. The number of fused-ring (bicyclic) bond motifs is 1. The van der Waals surface area contributed by atoms with Crippen molar-refractivity contribution in [2.24, 2.45) is 5.92 Å². The number of hydrogen-bond donors (Lipinski definition) is 3. The first-order valence-electron chi connectivity index (χ1n) is 9.84. The second kappa shape index (κ2) is 6.98. The molecule has 1 aliphatic carbocycles. The maximum Gasteiger partial charge on any atom is 0.326 e. The van der Waals surface area contributed by atoms with E-state index in [1.54, 1.807) is 41.0 Å².